The van der Waals surface area contributed by atoms with Gasteiger partial charge in [-0.25, -0.2) is 9.07 Å². The minimum absolute atomic E-state index is 0.145. The molecule has 0 unspecified atom stereocenters. The summed E-state index contributed by atoms with van der Waals surface area (Å²) in [6, 6.07) is 11.3. The van der Waals surface area contributed by atoms with Crippen molar-refractivity contribution < 1.29 is 23.4 Å². The molecule has 162 valence electrons. The van der Waals surface area contributed by atoms with Gasteiger partial charge in [0, 0.05) is 18.3 Å². The molecule has 3 heterocycles. The lowest BCUT2D eigenvalue weighted by Crippen LogP contribution is -2.39. The lowest BCUT2D eigenvalue weighted by atomic mass is 10.1. The molecule has 0 N–H and O–H groups in total. The largest absolute Gasteiger partial charge is 0.494 e. The topological polar surface area (TPSA) is 89.6 Å². The Morgan fingerprint density at radius 3 is 2.62 bits per heavy atom. The van der Waals surface area contributed by atoms with E-state index >= 15 is 0 Å². The van der Waals surface area contributed by atoms with Gasteiger partial charge in [-0.15, -0.1) is 0 Å². The van der Waals surface area contributed by atoms with Gasteiger partial charge >= 0.3 is 0 Å². The van der Waals surface area contributed by atoms with Crippen molar-refractivity contribution in [2.45, 2.75) is 19.2 Å². The van der Waals surface area contributed by atoms with E-state index in [1.54, 1.807) is 33.8 Å². The highest BCUT2D eigenvalue weighted by atomic mass is 19.1. The van der Waals surface area contributed by atoms with E-state index in [0.717, 1.165) is 16.9 Å². The van der Waals surface area contributed by atoms with Gasteiger partial charge < -0.3 is 19.1 Å². The van der Waals surface area contributed by atoms with Crippen molar-refractivity contribution in [2.75, 3.05) is 20.3 Å². The van der Waals surface area contributed by atoms with Crippen molar-refractivity contribution in [3.63, 3.8) is 0 Å². The van der Waals surface area contributed by atoms with Crippen molar-refractivity contribution in [3.8, 4) is 23.3 Å². The Hall–Kier alpha value is -3.90. The van der Waals surface area contributed by atoms with Gasteiger partial charge in [-0.05, 0) is 36.4 Å². The number of halogens is 1. The SMILES string of the molecule is COc1c(C#N)ccc(OC2COC2)c1C(=O)N1Cc2cn(-c3ccc(F)cc3)nc2C1. The van der Waals surface area contributed by atoms with Crippen LogP contribution in [-0.2, 0) is 17.8 Å². The third kappa shape index (κ3) is 3.44. The number of methoxy groups -OCH3 is 1. The summed E-state index contributed by atoms with van der Waals surface area (Å²) in [6.07, 6.45) is 1.69. The first-order valence-electron chi connectivity index (χ1n) is 10.1. The number of benzene rings is 2. The van der Waals surface area contributed by atoms with Crippen molar-refractivity contribution in [1.29, 1.82) is 5.26 Å². The first-order chi connectivity index (χ1) is 15.6. The van der Waals surface area contributed by atoms with Crippen LogP contribution in [0.3, 0.4) is 0 Å². The fourth-order valence-electron chi connectivity index (χ4n) is 3.81. The molecule has 8 nitrogen and oxygen atoms in total. The van der Waals surface area contributed by atoms with E-state index in [9.17, 15) is 14.4 Å². The number of rotatable bonds is 5. The number of carbonyl (C=O) groups excluding carboxylic acids is 1. The van der Waals surface area contributed by atoms with Crippen molar-refractivity contribution >= 4 is 5.91 Å². The second kappa shape index (κ2) is 7.98. The smallest absolute Gasteiger partial charge is 0.262 e. The number of hydrogen-bond donors (Lipinski definition) is 0. The van der Waals surface area contributed by atoms with Crippen LogP contribution < -0.4 is 9.47 Å². The normalized spacial score (nSPS) is 15.1. The first-order valence-corrected chi connectivity index (χ1v) is 10.1. The highest BCUT2D eigenvalue weighted by Gasteiger charge is 2.33. The van der Waals surface area contributed by atoms with Crippen LogP contribution in [0.4, 0.5) is 4.39 Å². The van der Waals surface area contributed by atoms with Crippen LogP contribution in [0.2, 0.25) is 0 Å². The molecule has 1 amide bonds. The van der Waals surface area contributed by atoms with Gasteiger partial charge in [-0.2, -0.15) is 10.4 Å². The fourth-order valence-corrected chi connectivity index (χ4v) is 3.81. The fraction of sp³-hybridized carbons (Fsp3) is 0.261. The number of ether oxygens (including phenoxy) is 3. The van der Waals surface area contributed by atoms with Crippen LogP contribution >= 0.6 is 0 Å². The van der Waals surface area contributed by atoms with E-state index < -0.39 is 0 Å². The number of fused-ring (bicyclic) bond motifs is 1. The minimum atomic E-state index is -0.315. The molecule has 1 saturated heterocycles. The number of aromatic nitrogens is 2. The molecule has 9 heteroatoms. The first kappa shape index (κ1) is 20.0. The van der Waals surface area contributed by atoms with Crippen molar-refractivity contribution in [3.05, 3.63) is 70.8 Å². The van der Waals surface area contributed by atoms with E-state index in [1.165, 1.54) is 19.2 Å². The lowest BCUT2D eigenvalue weighted by molar-refractivity contribution is -0.0799. The number of carbonyl (C=O) groups is 1. The zero-order valence-electron chi connectivity index (χ0n) is 17.2. The molecule has 2 aliphatic heterocycles. The van der Waals surface area contributed by atoms with Crippen LogP contribution in [0.15, 0.2) is 42.6 Å². The lowest BCUT2D eigenvalue weighted by Gasteiger charge is -2.28. The van der Waals surface area contributed by atoms with Crippen LogP contribution in [0.25, 0.3) is 5.69 Å². The number of nitriles is 1. The zero-order valence-corrected chi connectivity index (χ0v) is 17.2. The van der Waals surface area contributed by atoms with Crippen molar-refractivity contribution in [2.24, 2.45) is 0 Å². The quantitative estimate of drug-likeness (QED) is 0.614. The van der Waals surface area contributed by atoms with Gasteiger partial charge in [-0.3, -0.25) is 4.79 Å². The molecule has 5 rings (SSSR count). The zero-order chi connectivity index (χ0) is 22.2. The van der Waals surface area contributed by atoms with Crippen LogP contribution in [0, 0.1) is 17.1 Å². The Bertz CT molecular complexity index is 1200. The molecule has 2 aromatic carbocycles. The monoisotopic (exact) mass is 434 g/mol. The summed E-state index contributed by atoms with van der Waals surface area (Å²) in [7, 11) is 1.43. The molecule has 0 radical (unpaired) electrons. The van der Waals surface area contributed by atoms with E-state index in [1.807, 2.05) is 6.20 Å². The molecule has 3 aromatic rings. The third-order valence-electron chi connectivity index (χ3n) is 5.52. The third-order valence-corrected chi connectivity index (χ3v) is 5.52. The van der Waals surface area contributed by atoms with E-state index in [4.69, 9.17) is 14.2 Å². The predicted molar refractivity (Wildman–Crippen MR) is 110 cm³/mol. The molecule has 1 aromatic heterocycles. The summed E-state index contributed by atoms with van der Waals surface area (Å²) in [5, 5.41) is 14.0. The number of amides is 1. The molecule has 0 atom stereocenters. The highest BCUT2D eigenvalue weighted by Crippen LogP contribution is 2.36. The molecular formula is C23H19FN4O4. The van der Waals surface area contributed by atoms with E-state index in [-0.39, 0.29) is 34.7 Å². The summed E-state index contributed by atoms with van der Waals surface area (Å²) in [4.78, 5) is 15.1. The Kier molecular flexibility index (Phi) is 4.99. The summed E-state index contributed by atoms with van der Waals surface area (Å²) < 4.78 is 31.4. The Balaban J connectivity index is 1.43. The Labute approximate surface area is 183 Å². The molecule has 1 fully saturated rings. The molecule has 0 saturated carbocycles. The highest BCUT2D eigenvalue weighted by molar-refractivity contribution is 6.00. The Morgan fingerprint density at radius 2 is 2.00 bits per heavy atom. The summed E-state index contributed by atoms with van der Waals surface area (Å²) in [6.45, 7) is 1.54. The van der Waals surface area contributed by atoms with Crippen LogP contribution in [0.1, 0.15) is 27.2 Å². The predicted octanol–water partition coefficient (Wildman–Crippen LogP) is 2.83. The molecule has 32 heavy (non-hydrogen) atoms. The molecule has 0 bridgehead atoms. The average Bonchev–Trinajstić information content (AvgIpc) is 3.35. The summed E-state index contributed by atoms with van der Waals surface area (Å²) >= 11 is 0. The Morgan fingerprint density at radius 1 is 1.22 bits per heavy atom. The second-order valence-corrected chi connectivity index (χ2v) is 7.59. The molecule has 0 spiro atoms. The van der Waals surface area contributed by atoms with Gasteiger partial charge in [0.2, 0.25) is 0 Å². The maximum absolute atomic E-state index is 13.5. The number of hydrogen-bond acceptors (Lipinski definition) is 6. The molecule has 2 aliphatic rings. The molecule has 0 aliphatic carbocycles. The van der Waals surface area contributed by atoms with Crippen LogP contribution in [-0.4, -0.2) is 47.0 Å². The van der Waals surface area contributed by atoms with Gasteiger partial charge in [0.15, 0.2) is 5.75 Å². The summed E-state index contributed by atoms with van der Waals surface area (Å²) in [5.74, 6) is -0.0676. The van der Waals surface area contributed by atoms with E-state index in [2.05, 4.69) is 11.2 Å². The van der Waals surface area contributed by atoms with Gasteiger partial charge in [0.25, 0.3) is 5.91 Å². The van der Waals surface area contributed by atoms with Gasteiger partial charge in [0.05, 0.1) is 43.8 Å². The standard InChI is InChI=1S/C23H19FN4O4/c1-30-22-14(8-25)2-7-20(32-18-12-31-13-18)21(22)23(29)27-9-15-10-28(26-19(15)11-27)17-5-3-16(24)4-6-17/h2-7,10,18H,9,11-13H2,1H3. The van der Waals surface area contributed by atoms with Gasteiger partial charge in [0.1, 0.15) is 29.3 Å². The summed E-state index contributed by atoms with van der Waals surface area (Å²) in [5.41, 5.74) is 2.86. The average molecular weight is 434 g/mol. The maximum atomic E-state index is 13.5. The van der Waals surface area contributed by atoms with Crippen molar-refractivity contribution in [1.82, 2.24) is 14.7 Å². The minimum Gasteiger partial charge on any atom is -0.494 e. The number of nitrogens with zero attached hydrogens (tertiary/aromatic N) is 4. The van der Waals surface area contributed by atoms with Crippen LogP contribution in [0.5, 0.6) is 11.5 Å². The maximum Gasteiger partial charge on any atom is 0.262 e. The van der Waals surface area contributed by atoms with E-state index in [0.29, 0.717) is 32.1 Å². The van der Waals surface area contributed by atoms with Gasteiger partial charge in [-0.1, -0.05) is 0 Å². The second-order valence-electron chi connectivity index (χ2n) is 7.59. The molecular weight excluding hydrogens is 415 g/mol.